The monoisotopic (exact) mass is 424 g/mol. The highest BCUT2D eigenvalue weighted by Gasteiger charge is 2.24. The van der Waals surface area contributed by atoms with Crippen LogP contribution in [0.3, 0.4) is 0 Å². The molecule has 4 rings (SSSR count). The Morgan fingerprint density at radius 2 is 2.00 bits per heavy atom. The molecule has 0 aliphatic carbocycles. The third-order valence-electron chi connectivity index (χ3n) is 5.21. The van der Waals surface area contributed by atoms with Crippen molar-refractivity contribution in [1.29, 1.82) is 0 Å². The maximum atomic E-state index is 9.73. The Bertz CT molecular complexity index is 944. The zero-order chi connectivity index (χ0) is 18.8. The quantitative estimate of drug-likeness (QED) is 0.606. The lowest BCUT2D eigenvalue weighted by atomic mass is 9.79. The van der Waals surface area contributed by atoms with Gasteiger partial charge in [0.05, 0.1) is 5.52 Å². The van der Waals surface area contributed by atoms with E-state index >= 15 is 0 Å². The fourth-order valence-corrected chi connectivity index (χ4v) is 4.05. The molecule has 1 aromatic heterocycles. The van der Waals surface area contributed by atoms with Crippen LogP contribution in [0.15, 0.2) is 53.1 Å². The third kappa shape index (κ3) is 4.31. The number of hydrogen-bond donors (Lipinski definition) is 2. The molecule has 0 saturated carbocycles. The van der Waals surface area contributed by atoms with Crippen molar-refractivity contribution in [3.63, 3.8) is 0 Å². The molecule has 1 saturated heterocycles. The summed E-state index contributed by atoms with van der Waals surface area (Å²) in [6.45, 7) is 3.71. The molecule has 0 amide bonds. The van der Waals surface area contributed by atoms with Crippen molar-refractivity contribution in [3.8, 4) is 0 Å². The minimum absolute atomic E-state index is 0.357. The van der Waals surface area contributed by atoms with Crippen molar-refractivity contribution in [2.45, 2.75) is 25.6 Å². The molecular formula is C20H22BBrN4O. The standard InChI is InChI=1S/C20H22BBrN4O/c1-21(27)26-9-7-14(8-10-26)15-3-2-4-18(12-15)24-20-23-13-16-11-17(22)5-6-19(16)25-20/h2-6,11-14,27H,7-10H2,1H3,(H,23,24,25). The van der Waals surface area contributed by atoms with Crippen LogP contribution in [0.1, 0.15) is 24.3 Å². The van der Waals surface area contributed by atoms with E-state index in [9.17, 15) is 5.02 Å². The summed E-state index contributed by atoms with van der Waals surface area (Å²) in [5.41, 5.74) is 3.24. The van der Waals surface area contributed by atoms with Crippen LogP contribution in [0.5, 0.6) is 0 Å². The molecule has 2 heterocycles. The average Bonchev–Trinajstić information content (AvgIpc) is 2.68. The minimum atomic E-state index is -0.357. The van der Waals surface area contributed by atoms with Crippen molar-refractivity contribution in [3.05, 3.63) is 58.7 Å². The lowest BCUT2D eigenvalue weighted by Crippen LogP contribution is -2.42. The molecule has 1 fully saturated rings. The molecule has 0 unspecified atom stereocenters. The van der Waals surface area contributed by atoms with Gasteiger partial charge < -0.3 is 15.2 Å². The fraction of sp³-hybridized carbons (Fsp3) is 0.300. The first-order valence-corrected chi connectivity index (χ1v) is 10.1. The Labute approximate surface area is 168 Å². The normalized spacial score (nSPS) is 15.8. The molecule has 1 aliphatic rings. The highest BCUT2D eigenvalue weighted by atomic mass is 79.9. The van der Waals surface area contributed by atoms with E-state index in [-0.39, 0.29) is 7.05 Å². The summed E-state index contributed by atoms with van der Waals surface area (Å²) in [5, 5.41) is 14.1. The van der Waals surface area contributed by atoms with Crippen LogP contribution >= 0.6 is 15.9 Å². The molecule has 2 N–H and O–H groups in total. The Balaban J connectivity index is 1.49. The number of halogens is 1. The van der Waals surface area contributed by atoms with Crippen molar-refractivity contribution in [1.82, 2.24) is 14.8 Å². The van der Waals surface area contributed by atoms with Crippen LogP contribution < -0.4 is 5.32 Å². The van der Waals surface area contributed by atoms with Crippen LogP contribution in [0, 0.1) is 0 Å². The van der Waals surface area contributed by atoms with E-state index in [0.717, 1.165) is 47.0 Å². The van der Waals surface area contributed by atoms with Gasteiger partial charge in [0.15, 0.2) is 0 Å². The molecule has 2 aromatic carbocycles. The molecule has 0 radical (unpaired) electrons. The van der Waals surface area contributed by atoms with E-state index in [0.29, 0.717) is 11.9 Å². The molecular weight excluding hydrogens is 403 g/mol. The Morgan fingerprint density at radius 1 is 1.19 bits per heavy atom. The smallest absolute Gasteiger partial charge is 0.376 e. The van der Waals surface area contributed by atoms with Crippen molar-refractivity contribution < 1.29 is 5.02 Å². The van der Waals surface area contributed by atoms with Crippen molar-refractivity contribution in [2.24, 2.45) is 0 Å². The molecule has 0 spiro atoms. The van der Waals surface area contributed by atoms with Crippen LogP contribution in [-0.4, -0.2) is 39.9 Å². The number of piperidine rings is 1. The summed E-state index contributed by atoms with van der Waals surface area (Å²) < 4.78 is 1.02. The molecule has 3 aromatic rings. The highest BCUT2D eigenvalue weighted by molar-refractivity contribution is 9.10. The van der Waals surface area contributed by atoms with E-state index in [1.165, 1.54) is 5.56 Å². The van der Waals surface area contributed by atoms with E-state index in [1.54, 1.807) is 0 Å². The maximum absolute atomic E-state index is 9.73. The van der Waals surface area contributed by atoms with Crippen LogP contribution in [0.4, 0.5) is 11.6 Å². The predicted octanol–water partition coefficient (Wildman–Crippen LogP) is 4.43. The lowest BCUT2D eigenvalue weighted by molar-refractivity contribution is 0.289. The number of anilines is 2. The van der Waals surface area contributed by atoms with Crippen LogP contribution in [0.25, 0.3) is 10.9 Å². The van der Waals surface area contributed by atoms with E-state index in [1.807, 2.05) is 37.3 Å². The lowest BCUT2D eigenvalue weighted by Gasteiger charge is -2.32. The average molecular weight is 425 g/mol. The molecule has 1 aliphatic heterocycles. The molecule has 27 heavy (non-hydrogen) atoms. The number of hydrogen-bond acceptors (Lipinski definition) is 5. The van der Waals surface area contributed by atoms with Gasteiger partial charge >= 0.3 is 7.05 Å². The molecule has 7 heteroatoms. The van der Waals surface area contributed by atoms with Gasteiger partial charge in [0.2, 0.25) is 5.95 Å². The zero-order valence-corrected chi connectivity index (χ0v) is 16.9. The topological polar surface area (TPSA) is 61.3 Å². The second-order valence-electron chi connectivity index (χ2n) is 7.09. The summed E-state index contributed by atoms with van der Waals surface area (Å²) >= 11 is 3.47. The highest BCUT2D eigenvalue weighted by Crippen LogP contribution is 2.30. The molecule has 0 bridgehead atoms. The first-order chi connectivity index (χ1) is 13.1. The van der Waals surface area contributed by atoms with Crippen LogP contribution in [-0.2, 0) is 0 Å². The summed E-state index contributed by atoms with van der Waals surface area (Å²) in [6, 6.07) is 14.5. The largest absolute Gasteiger partial charge is 0.437 e. The first kappa shape index (κ1) is 18.4. The number of rotatable bonds is 4. The number of aromatic nitrogens is 2. The van der Waals surface area contributed by atoms with Gasteiger partial charge in [-0.15, -0.1) is 0 Å². The zero-order valence-electron chi connectivity index (χ0n) is 15.3. The predicted molar refractivity (Wildman–Crippen MR) is 114 cm³/mol. The van der Waals surface area contributed by atoms with Gasteiger partial charge in [-0.2, -0.15) is 0 Å². The van der Waals surface area contributed by atoms with Gasteiger partial charge in [0.25, 0.3) is 0 Å². The number of nitrogens with zero attached hydrogens (tertiary/aromatic N) is 3. The SMILES string of the molecule is CB(O)N1CCC(c2cccc(Nc3ncc4cc(Br)ccc4n3)c2)CC1. The number of fused-ring (bicyclic) bond motifs is 1. The number of benzene rings is 2. The fourth-order valence-electron chi connectivity index (χ4n) is 3.67. The molecule has 0 atom stereocenters. The van der Waals surface area contributed by atoms with Gasteiger partial charge in [0, 0.05) is 21.7 Å². The van der Waals surface area contributed by atoms with Crippen molar-refractivity contribution in [2.75, 3.05) is 18.4 Å². The second-order valence-corrected chi connectivity index (χ2v) is 8.00. The summed E-state index contributed by atoms with van der Waals surface area (Å²) in [5.74, 6) is 1.13. The first-order valence-electron chi connectivity index (χ1n) is 9.30. The third-order valence-corrected chi connectivity index (χ3v) is 5.71. The van der Waals surface area contributed by atoms with E-state index in [2.05, 4.69) is 54.2 Å². The summed E-state index contributed by atoms with van der Waals surface area (Å²) in [4.78, 5) is 11.2. The van der Waals surface area contributed by atoms with E-state index < -0.39 is 0 Å². The second kappa shape index (κ2) is 7.96. The Hall–Kier alpha value is -1.96. The van der Waals surface area contributed by atoms with Crippen LogP contribution in [0.2, 0.25) is 6.82 Å². The Morgan fingerprint density at radius 3 is 2.78 bits per heavy atom. The molecule has 138 valence electrons. The van der Waals surface area contributed by atoms with E-state index in [4.69, 9.17) is 0 Å². The van der Waals surface area contributed by atoms with Gasteiger partial charge in [-0.3, -0.25) is 0 Å². The van der Waals surface area contributed by atoms with Crippen molar-refractivity contribution >= 4 is 45.5 Å². The van der Waals surface area contributed by atoms with Gasteiger partial charge in [0.1, 0.15) is 0 Å². The minimum Gasteiger partial charge on any atom is -0.437 e. The van der Waals surface area contributed by atoms with Gasteiger partial charge in [-0.05, 0) is 74.6 Å². The summed E-state index contributed by atoms with van der Waals surface area (Å²) in [7, 11) is -0.357. The molecule has 5 nitrogen and oxygen atoms in total. The van der Waals surface area contributed by atoms with Gasteiger partial charge in [-0.1, -0.05) is 28.1 Å². The summed E-state index contributed by atoms with van der Waals surface area (Å²) in [6.07, 6.45) is 3.97. The maximum Gasteiger partial charge on any atom is 0.376 e. The Kier molecular flexibility index (Phi) is 5.43. The number of nitrogens with one attached hydrogen (secondary N) is 1. The van der Waals surface area contributed by atoms with Gasteiger partial charge in [-0.25, -0.2) is 9.97 Å².